The Kier molecular flexibility index (Phi) is 3.16. The summed E-state index contributed by atoms with van der Waals surface area (Å²) in [5, 5.41) is 21.7. The van der Waals surface area contributed by atoms with Crippen LogP contribution in [0.2, 0.25) is 0 Å². The van der Waals surface area contributed by atoms with Crippen LogP contribution in [0.5, 0.6) is 0 Å². The minimum Gasteiger partial charge on any atom is -0.481 e. The smallest absolute Gasteiger partial charge is 0.318 e. The maximum atomic E-state index is 12.4. The second kappa shape index (κ2) is 4.62. The monoisotopic (exact) mass is 282 g/mol. The number of amides is 2. The van der Waals surface area contributed by atoms with E-state index in [9.17, 15) is 19.8 Å². The average Bonchev–Trinajstić information content (AvgIpc) is 2.92. The Balaban J connectivity index is 1.64. The van der Waals surface area contributed by atoms with E-state index >= 15 is 0 Å². The van der Waals surface area contributed by atoms with Crippen LogP contribution in [0.1, 0.15) is 44.9 Å². The molecule has 2 aliphatic heterocycles. The maximum absolute atomic E-state index is 12.4. The number of aliphatic hydroxyl groups excluding tert-OH is 1. The lowest BCUT2D eigenvalue weighted by atomic mass is 9.69. The van der Waals surface area contributed by atoms with E-state index < -0.39 is 16.9 Å². The Morgan fingerprint density at radius 1 is 1.20 bits per heavy atom. The summed E-state index contributed by atoms with van der Waals surface area (Å²) in [7, 11) is 0. The molecule has 3 rings (SSSR count). The molecule has 3 N–H and O–H groups in total. The van der Waals surface area contributed by atoms with Crippen LogP contribution < -0.4 is 5.32 Å². The number of aliphatic carboxylic acids is 1. The lowest BCUT2D eigenvalue weighted by Gasteiger charge is -2.39. The fourth-order valence-electron chi connectivity index (χ4n) is 4.04. The van der Waals surface area contributed by atoms with Gasteiger partial charge in [-0.15, -0.1) is 0 Å². The Labute approximate surface area is 118 Å². The summed E-state index contributed by atoms with van der Waals surface area (Å²) in [5.41, 5.74) is -1.16. The van der Waals surface area contributed by atoms with E-state index in [-0.39, 0.29) is 25.2 Å². The molecule has 20 heavy (non-hydrogen) atoms. The van der Waals surface area contributed by atoms with Gasteiger partial charge >= 0.3 is 12.0 Å². The van der Waals surface area contributed by atoms with Crippen molar-refractivity contribution in [1.82, 2.24) is 10.2 Å². The van der Waals surface area contributed by atoms with Crippen molar-refractivity contribution in [2.24, 2.45) is 5.41 Å². The van der Waals surface area contributed by atoms with Gasteiger partial charge in [-0.25, -0.2) is 4.79 Å². The van der Waals surface area contributed by atoms with E-state index in [2.05, 4.69) is 5.32 Å². The van der Waals surface area contributed by atoms with Gasteiger partial charge in [-0.1, -0.05) is 6.42 Å². The molecule has 6 nitrogen and oxygen atoms in total. The highest BCUT2D eigenvalue weighted by molar-refractivity contribution is 5.80. The van der Waals surface area contributed by atoms with Gasteiger partial charge in [0.1, 0.15) is 0 Å². The third kappa shape index (κ3) is 1.81. The molecule has 3 fully saturated rings. The van der Waals surface area contributed by atoms with Gasteiger partial charge in [0.2, 0.25) is 0 Å². The second-order valence-corrected chi connectivity index (χ2v) is 6.58. The molecule has 0 spiro atoms. The molecule has 0 aromatic heterocycles. The predicted molar refractivity (Wildman–Crippen MR) is 71.2 cm³/mol. The van der Waals surface area contributed by atoms with Gasteiger partial charge in [0.05, 0.1) is 17.6 Å². The molecule has 1 saturated carbocycles. The zero-order chi connectivity index (χ0) is 14.4. The number of carbonyl (C=O) groups is 2. The Hall–Kier alpha value is -1.30. The summed E-state index contributed by atoms with van der Waals surface area (Å²) < 4.78 is 0. The first-order valence-corrected chi connectivity index (χ1v) is 7.44. The van der Waals surface area contributed by atoms with Crippen molar-refractivity contribution in [3.63, 3.8) is 0 Å². The fourth-order valence-corrected chi connectivity index (χ4v) is 4.04. The van der Waals surface area contributed by atoms with Crippen LogP contribution in [0.4, 0.5) is 4.79 Å². The van der Waals surface area contributed by atoms with E-state index in [0.29, 0.717) is 12.8 Å². The third-order valence-electron chi connectivity index (χ3n) is 5.62. The van der Waals surface area contributed by atoms with E-state index in [4.69, 9.17) is 0 Å². The molecule has 0 atom stereocenters. The van der Waals surface area contributed by atoms with Crippen molar-refractivity contribution >= 4 is 12.0 Å². The molecule has 3 aliphatic rings. The molecule has 2 amide bonds. The number of fused-ring (bicyclic) bond motifs is 2. The number of hydrogen-bond donors (Lipinski definition) is 3. The van der Waals surface area contributed by atoms with Crippen LogP contribution >= 0.6 is 0 Å². The Bertz CT molecular complexity index is 425. The number of carboxylic acids is 1. The first-order valence-electron chi connectivity index (χ1n) is 7.44. The minimum absolute atomic E-state index is 0.000986. The molecule has 2 saturated heterocycles. The summed E-state index contributed by atoms with van der Waals surface area (Å²) in [6, 6.07) is 0.0101. The van der Waals surface area contributed by atoms with Gasteiger partial charge in [-0.2, -0.15) is 0 Å². The van der Waals surface area contributed by atoms with E-state index in [0.717, 1.165) is 32.1 Å². The van der Waals surface area contributed by atoms with Gasteiger partial charge in [0, 0.05) is 12.6 Å². The molecule has 0 aromatic rings. The Morgan fingerprint density at radius 3 is 2.30 bits per heavy atom. The molecular formula is C14H22N2O4. The highest BCUT2D eigenvalue weighted by Gasteiger charge is 2.54. The lowest BCUT2D eigenvalue weighted by Crippen LogP contribution is -2.55. The summed E-state index contributed by atoms with van der Waals surface area (Å²) >= 11 is 0. The molecule has 2 bridgehead atoms. The topological polar surface area (TPSA) is 89.9 Å². The average molecular weight is 282 g/mol. The zero-order valence-corrected chi connectivity index (χ0v) is 11.6. The van der Waals surface area contributed by atoms with Crippen molar-refractivity contribution in [2.45, 2.75) is 56.5 Å². The van der Waals surface area contributed by atoms with Crippen molar-refractivity contribution in [1.29, 1.82) is 0 Å². The number of aliphatic hydroxyl groups is 1. The van der Waals surface area contributed by atoms with E-state index in [1.54, 1.807) is 4.90 Å². The van der Waals surface area contributed by atoms with Crippen molar-refractivity contribution in [3.8, 4) is 0 Å². The summed E-state index contributed by atoms with van der Waals surface area (Å²) in [4.78, 5) is 25.5. The standard InChI is InChI=1S/C14H22N2O4/c17-9-14-6-2-10(3-7-14)16(14)12(20)15-8-13(11(18)19)4-1-5-13/h10,17H,1-9H2,(H,15,20)(H,18,19). The molecule has 112 valence electrons. The molecule has 0 radical (unpaired) electrons. The van der Waals surface area contributed by atoms with E-state index in [1.807, 2.05) is 0 Å². The quantitative estimate of drug-likeness (QED) is 0.716. The largest absolute Gasteiger partial charge is 0.481 e. The second-order valence-electron chi connectivity index (χ2n) is 6.58. The van der Waals surface area contributed by atoms with Gasteiger partial charge < -0.3 is 20.4 Å². The fraction of sp³-hybridized carbons (Fsp3) is 0.857. The lowest BCUT2D eigenvalue weighted by molar-refractivity contribution is -0.153. The molecule has 0 aromatic carbocycles. The highest BCUT2D eigenvalue weighted by atomic mass is 16.4. The van der Waals surface area contributed by atoms with Crippen LogP contribution in [0.3, 0.4) is 0 Å². The summed E-state index contributed by atoms with van der Waals surface area (Å²) in [6.07, 6.45) is 5.77. The predicted octanol–water partition coefficient (Wildman–Crippen LogP) is 0.940. The normalized spacial score (nSPS) is 33.9. The first kappa shape index (κ1) is 13.7. The van der Waals surface area contributed by atoms with Crippen molar-refractivity contribution < 1.29 is 19.8 Å². The number of urea groups is 1. The molecule has 2 heterocycles. The maximum Gasteiger partial charge on any atom is 0.318 e. The van der Waals surface area contributed by atoms with Gasteiger partial charge in [-0.3, -0.25) is 4.79 Å². The molecule has 1 aliphatic carbocycles. The van der Waals surface area contributed by atoms with Crippen LogP contribution in [-0.2, 0) is 4.79 Å². The molecular weight excluding hydrogens is 260 g/mol. The number of nitrogens with one attached hydrogen (secondary N) is 1. The molecule has 0 unspecified atom stereocenters. The number of carbonyl (C=O) groups excluding carboxylic acids is 1. The van der Waals surface area contributed by atoms with Crippen LogP contribution in [0, 0.1) is 5.41 Å². The van der Waals surface area contributed by atoms with Crippen molar-refractivity contribution in [3.05, 3.63) is 0 Å². The van der Waals surface area contributed by atoms with Gasteiger partial charge in [-0.05, 0) is 38.5 Å². The zero-order valence-electron chi connectivity index (χ0n) is 11.6. The number of nitrogens with zero attached hydrogens (tertiary/aromatic N) is 1. The van der Waals surface area contributed by atoms with Crippen LogP contribution in [-0.4, -0.2) is 51.8 Å². The molecule has 6 heteroatoms. The Morgan fingerprint density at radius 2 is 1.85 bits per heavy atom. The van der Waals surface area contributed by atoms with Crippen LogP contribution in [0.15, 0.2) is 0 Å². The minimum atomic E-state index is -0.815. The SMILES string of the molecule is O=C(NCC1(C(=O)O)CCC1)N1C2CCC1(CO)CC2. The van der Waals surface area contributed by atoms with E-state index in [1.165, 1.54) is 0 Å². The van der Waals surface area contributed by atoms with Crippen LogP contribution in [0.25, 0.3) is 0 Å². The van der Waals surface area contributed by atoms with Gasteiger partial charge in [0.25, 0.3) is 0 Å². The van der Waals surface area contributed by atoms with Gasteiger partial charge in [0.15, 0.2) is 0 Å². The number of rotatable bonds is 4. The third-order valence-corrected chi connectivity index (χ3v) is 5.62. The number of carboxylic acid groups (broad SMARTS) is 1. The first-order chi connectivity index (χ1) is 9.53. The summed E-state index contributed by atoms with van der Waals surface area (Å²) in [6.45, 7) is 0.201. The summed E-state index contributed by atoms with van der Waals surface area (Å²) in [5.74, 6) is -0.815. The number of hydrogen-bond acceptors (Lipinski definition) is 3. The highest BCUT2D eigenvalue weighted by Crippen LogP contribution is 2.46. The van der Waals surface area contributed by atoms with Crippen molar-refractivity contribution in [2.75, 3.05) is 13.2 Å².